The van der Waals surface area contributed by atoms with Gasteiger partial charge >= 0.3 is 0 Å². The molecule has 0 radical (unpaired) electrons. The Morgan fingerprint density at radius 1 is 0.889 bits per heavy atom. The van der Waals surface area contributed by atoms with Crippen molar-refractivity contribution in [3.8, 4) is 0 Å². The summed E-state index contributed by atoms with van der Waals surface area (Å²) >= 11 is 0. The van der Waals surface area contributed by atoms with Crippen LogP contribution in [-0.2, 0) is 4.74 Å². The standard InChI is InChI=1S/C23H42O4/c1-2-18-27-23-19-22(26)20(14-10-7-5-9-13-17-25)21(23)15-11-6-3-4-8-12-16-24/h7,10-11,15,20-26H,2-6,8-9,12-14,16-19H2,1H3/t20?,21-,22?,23-/m0/s1. The van der Waals surface area contributed by atoms with Crippen LogP contribution in [0.25, 0.3) is 0 Å². The van der Waals surface area contributed by atoms with Crippen LogP contribution in [0.3, 0.4) is 0 Å². The van der Waals surface area contributed by atoms with E-state index in [0.717, 1.165) is 77.2 Å². The average molecular weight is 383 g/mol. The van der Waals surface area contributed by atoms with Crippen molar-refractivity contribution in [3.63, 3.8) is 0 Å². The number of allylic oxidation sites excluding steroid dienone is 3. The normalized spacial score (nSPS) is 25.9. The lowest BCUT2D eigenvalue weighted by Crippen LogP contribution is -2.22. The van der Waals surface area contributed by atoms with E-state index in [9.17, 15) is 5.11 Å². The predicted molar refractivity (Wildman–Crippen MR) is 112 cm³/mol. The molecule has 0 aromatic heterocycles. The van der Waals surface area contributed by atoms with Gasteiger partial charge in [-0.1, -0.05) is 44.1 Å². The first kappa shape index (κ1) is 24.4. The molecule has 1 aliphatic carbocycles. The Morgan fingerprint density at radius 3 is 2.30 bits per heavy atom. The van der Waals surface area contributed by atoms with Crippen LogP contribution in [0.5, 0.6) is 0 Å². The number of aliphatic hydroxyl groups is 3. The summed E-state index contributed by atoms with van der Waals surface area (Å²) in [6.45, 7) is 3.43. The summed E-state index contributed by atoms with van der Waals surface area (Å²) in [5.41, 5.74) is 0. The molecular weight excluding hydrogens is 340 g/mol. The van der Waals surface area contributed by atoms with Crippen LogP contribution in [-0.4, -0.2) is 47.3 Å². The van der Waals surface area contributed by atoms with E-state index < -0.39 is 0 Å². The topological polar surface area (TPSA) is 69.9 Å². The molecule has 4 heteroatoms. The zero-order valence-electron chi connectivity index (χ0n) is 17.3. The summed E-state index contributed by atoms with van der Waals surface area (Å²) in [7, 11) is 0. The minimum absolute atomic E-state index is 0.123. The Kier molecular flexibility index (Phi) is 14.7. The van der Waals surface area contributed by atoms with E-state index in [1.807, 2.05) is 0 Å². The largest absolute Gasteiger partial charge is 0.396 e. The molecule has 158 valence electrons. The molecule has 4 atom stereocenters. The fourth-order valence-corrected chi connectivity index (χ4v) is 3.86. The van der Waals surface area contributed by atoms with E-state index in [1.165, 1.54) is 0 Å². The Balaban J connectivity index is 2.51. The summed E-state index contributed by atoms with van der Waals surface area (Å²) in [5.74, 6) is 0.512. The van der Waals surface area contributed by atoms with Crippen LogP contribution in [0, 0.1) is 11.8 Å². The second-order valence-corrected chi connectivity index (χ2v) is 7.73. The summed E-state index contributed by atoms with van der Waals surface area (Å²) in [4.78, 5) is 0. The lowest BCUT2D eigenvalue weighted by Gasteiger charge is -2.22. The number of aliphatic hydroxyl groups excluding tert-OH is 3. The first-order chi connectivity index (χ1) is 13.2. The first-order valence-corrected chi connectivity index (χ1v) is 11.1. The van der Waals surface area contributed by atoms with Crippen molar-refractivity contribution in [2.24, 2.45) is 11.8 Å². The Morgan fingerprint density at radius 2 is 1.56 bits per heavy atom. The molecule has 0 aromatic carbocycles. The van der Waals surface area contributed by atoms with E-state index >= 15 is 0 Å². The van der Waals surface area contributed by atoms with Crippen molar-refractivity contribution in [2.45, 2.75) is 89.8 Å². The number of ether oxygens (including phenoxy) is 1. The molecule has 27 heavy (non-hydrogen) atoms. The molecule has 1 aliphatic rings. The fourth-order valence-electron chi connectivity index (χ4n) is 3.86. The van der Waals surface area contributed by atoms with Gasteiger partial charge in [-0.05, 0) is 57.3 Å². The van der Waals surface area contributed by atoms with Crippen LogP contribution < -0.4 is 0 Å². The molecule has 0 saturated heterocycles. The third-order valence-corrected chi connectivity index (χ3v) is 5.42. The van der Waals surface area contributed by atoms with Gasteiger partial charge in [-0.3, -0.25) is 0 Å². The monoisotopic (exact) mass is 382 g/mol. The first-order valence-electron chi connectivity index (χ1n) is 11.1. The molecule has 0 heterocycles. The van der Waals surface area contributed by atoms with Gasteiger partial charge in [0.2, 0.25) is 0 Å². The van der Waals surface area contributed by atoms with E-state index in [2.05, 4.69) is 31.2 Å². The van der Waals surface area contributed by atoms with Gasteiger partial charge in [0.1, 0.15) is 0 Å². The van der Waals surface area contributed by atoms with Gasteiger partial charge < -0.3 is 20.1 Å². The minimum Gasteiger partial charge on any atom is -0.396 e. The van der Waals surface area contributed by atoms with Crippen molar-refractivity contribution < 1.29 is 20.1 Å². The minimum atomic E-state index is -0.298. The van der Waals surface area contributed by atoms with Crippen LogP contribution in [0.4, 0.5) is 0 Å². The summed E-state index contributed by atoms with van der Waals surface area (Å²) in [6.07, 6.45) is 19.6. The van der Waals surface area contributed by atoms with Crippen molar-refractivity contribution in [3.05, 3.63) is 24.3 Å². The highest BCUT2D eigenvalue weighted by atomic mass is 16.5. The maximum Gasteiger partial charge on any atom is 0.0666 e. The van der Waals surface area contributed by atoms with E-state index in [0.29, 0.717) is 6.61 Å². The van der Waals surface area contributed by atoms with Crippen molar-refractivity contribution in [2.75, 3.05) is 19.8 Å². The van der Waals surface area contributed by atoms with Crippen molar-refractivity contribution in [1.29, 1.82) is 0 Å². The maximum absolute atomic E-state index is 10.6. The lowest BCUT2D eigenvalue weighted by atomic mass is 9.89. The Hall–Kier alpha value is -0.680. The molecule has 0 aromatic rings. The van der Waals surface area contributed by atoms with Crippen LogP contribution in [0.1, 0.15) is 77.6 Å². The second-order valence-electron chi connectivity index (χ2n) is 7.73. The van der Waals surface area contributed by atoms with Crippen molar-refractivity contribution in [1.82, 2.24) is 0 Å². The Bertz CT molecular complexity index is 394. The quantitative estimate of drug-likeness (QED) is 0.274. The number of hydrogen-bond acceptors (Lipinski definition) is 4. The van der Waals surface area contributed by atoms with E-state index in [-0.39, 0.29) is 30.7 Å². The van der Waals surface area contributed by atoms with Crippen LogP contribution >= 0.6 is 0 Å². The highest BCUT2D eigenvalue weighted by Crippen LogP contribution is 2.38. The molecule has 0 amide bonds. The van der Waals surface area contributed by atoms with E-state index in [4.69, 9.17) is 14.9 Å². The van der Waals surface area contributed by atoms with Gasteiger partial charge in [-0.25, -0.2) is 0 Å². The van der Waals surface area contributed by atoms with Gasteiger partial charge in [0.15, 0.2) is 0 Å². The fraction of sp³-hybridized carbons (Fsp3) is 0.826. The molecule has 0 spiro atoms. The molecule has 3 N–H and O–H groups in total. The zero-order chi connectivity index (χ0) is 19.7. The molecule has 1 rings (SSSR count). The van der Waals surface area contributed by atoms with E-state index in [1.54, 1.807) is 0 Å². The molecule has 2 unspecified atom stereocenters. The molecule has 4 nitrogen and oxygen atoms in total. The molecule has 0 aliphatic heterocycles. The van der Waals surface area contributed by atoms with Crippen molar-refractivity contribution >= 4 is 0 Å². The van der Waals surface area contributed by atoms with Gasteiger partial charge in [0, 0.05) is 32.2 Å². The highest BCUT2D eigenvalue weighted by Gasteiger charge is 2.40. The number of rotatable bonds is 16. The maximum atomic E-state index is 10.6. The second kappa shape index (κ2) is 16.3. The summed E-state index contributed by atoms with van der Waals surface area (Å²) in [5, 5.41) is 28.2. The van der Waals surface area contributed by atoms with Crippen LogP contribution in [0.2, 0.25) is 0 Å². The Labute approximate surface area is 166 Å². The third kappa shape index (κ3) is 10.4. The average Bonchev–Trinajstić information content (AvgIpc) is 2.97. The SMILES string of the molecule is CCCO[C@H]1CC(O)C(CC=CCCCCO)[C@@H]1C=CCCCCCCO. The summed E-state index contributed by atoms with van der Waals surface area (Å²) < 4.78 is 6.04. The smallest absolute Gasteiger partial charge is 0.0666 e. The van der Waals surface area contributed by atoms with Crippen LogP contribution in [0.15, 0.2) is 24.3 Å². The predicted octanol–water partition coefficient (Wildman–Crippen LogP) is 4.39. The lowest BCUT2D eigenvalue weighted by molar-refractivity contribution is 0.0319. The number of hydrogen-bond donors (Lipinski definition) is 3. The summed E-state index contributed by atoms with van der Waals surface area (Å²) in [6, 6.07) is 0. The third-order valence-electron chi connectivity index (χ3n) is 5.42. The van der Waals surface area contributed by atoms with Gasteiger partial charge in [-0.15, -0.1) is 0 Å². The highest BCUT2D eigenvalue weighted by molar-refractivity contribution is 5.05. The van der Waals surface area contributed by atoms with Gasteiger partial charge in [0.05, 0.1) is 12.2 Å². The zero-order valence-corrected chi connectivity index (χ0v) is 17.3. The van der Waals surface area contributed by atoms with Gasteiger partial charge in [-0.2, -0.15) is 0 Å². The molecule has 1 saturated carbocycles. The molecule has 0 bridgehead atoms. The van der Waals surface area contributed by atoms with Gasteiger partial charge in [0.25, 0.3) is 0 Å². The number of unbranched alkanes of at least 4 members (excludes halogenated alkanes) is 6. The molecular formula is C23H42O4. The molecule has 1 fully saturated rings.